The zero-order valence-electron chi connectivity index (χ0n) is 5.98. The van der Waals surface area contributed by atoms with E-state index >= 15 is 0 Å². The van der Waals surface area contributed by atoms with Gasteiger partial charge in [0, 0.05) is 0 Å². The molecular formula is C6H16NSi+. The van der Waals surface area contributed by atoms with Gasteiger partial charge in [0.15, 0.2) is 0 Å². The van der Waals surface area contributed by atoms with Crippen molar-refractivity contribution in [3.05, 3.63) is 0 Å². The molecule has 0 unspecified atom stereocenters. The maximum Gasteiger partial charge on any atom is 0.239 e. The lowest BCUT2D eigenvalue weighted by molar-refractivity contribution is -0.801. The van der Waals surface area contributed by atoms with Crippen LogP contribution in [0.25, 0.3) is 0 Å². The molecule has 1 nitrogen and oxygen atoms in total. The average molecular weight is 130 g/mol. The summed E-state index contributed by atoms with van der Waals surface area (Å²) in [6.07, 6.45) is 4.43. The molecule has 1 fully saturated rings. The number of piperidine rings is 1. The summed E-state index contributed by atoms with van der Waals surface area (Å²) >= 11 is 0. The molecule has 48 valence electrons. The van der Waals surface area contributed by atoms with Crippen LogP contribution in [0.5, 0.6) is 0 Å². The topological polar surface area (TPSA) is 0 Å². The van der Waals surface area contributed by atoms with E-state index in [0.717, 1.165) is 0 Å². The Kier molecular flexibility index (Phi) is 1.73. The maximum atomic E-state index is 2.38. The fraction of sp³-hybridized carbons (Fsp3) is 1.00. The molecule has 0 N–H and O–H groups in total. The first kappa shape index (κ1) is 6.30. The molecular weight excluding hydrogens is 114 g/mol. The summed E-state index contributed by atoms with van der Waals surface area (Å²) in [6, 6.07) is 0. The van der Waals surface area contributed by atoms with Crippen LogP contribution in [0.3, 0.4) is 0 Å². The summed E-state index contributed by atoms with van der Waals surface area (Å²) in [7, 11) is 3.73. The van der Waals surface area contributed by atoms with Gasteiger partial charge in [0.1, 0.15) is 0 Å². The van der Waals surface area contributed by atoms with E-state index in [1.165, 1.54) is 46.9 Å². The summed E-state index contributed by atoms with van der Waals surface area (Å²) in [5.74, 6) is 0. The number of quaternary nitrogens is 1. The van der Waals surface area contributed by atoms with E-state index in [0.29, 0.717) is 0 Å². The lowest BCUT2D eigenvalue weighted by atomic mass is 10.1. The molecule has 1 saturated heterocycles. The Hall–Kier alpha value is 0.177. The molecule has 0 bridgehead atoms. The fourth-order valence-corrected chi connectivity index (χ4v) is 2.00. The van der Waals surface area contributed by atoms with Crippen LogP contribution in [0.15, 0.2) is 0 Å². The average Bonchev–Trinajstić information content (AvgIpc) is 1.65. The molecule has 0 aromatic carbocycles. The van der Waals surface area contributed by atoms with Gasteiger partial charge in [-0.25, -0.2) is 0 Å². The predicted molar refractivity (Wildman–Crippen MR) is 39.7 cm³/mol. The summed E-state index contributed by atoms with van der Waals surface area (Å²) in [6.45, 7) is 2.90. The molecule has 1 heterocycles. The first-order valence-electron chi connectivity index (χ1n) is 3.53. The number of hydrogen-bond acceptors (Lipinski definition) is 0. The van der Waals surface area contributed by atoms with E-state index in [-0.39, 0.29) is 0 Å². The van der Waals surface area contributed by atoms with Gasteiger partial charge in [-0.1, -0.05) is 0 Å². The van der Waals surface area contributed by atoms with Crippen molar-refractivity contribution in [2.24, 2.45) is 0 Å². The molecule has 1 aliphatic heterocycles. The Labute approximate surface area is 54.8 Å². The van der Waals surface area contributed by atoms with Crippen LogP contribution >= 0.6 is 0 Å². The van der Waals surface area contributed by atoms with E-state index in [1.807, 2.05) is 0 Å². The lowest BCUT2D eigenvalue weighted by Gasteiger charge is -2.35. The van der Waals surface area contributed by atoms with Crippen LogP contribution in [-0.4, -0.2) is 34.7 Å². The molecule has 1 aliphatic rings. The summed E-state index contributed by atoms with van der Waals surface area (Å²) in [4.78, 5) is 0. The molecule has 8 heavy (non-hydrogen) atoms. The summed E-state index contributed by atoms with van der Waals surface area (Å²) in [5, 5.41) is 0. The molecule has 0 aliphatic carbocycles. The molecule has 0 aromatic heterocycles. The zero-order valence-corrected chi connectivity index (χ0v) is 7.98. The van der Waals surface area contributed by atoms with E-state index in [4.69, 9.17) is 0 Å². The maximum absolute atomic E-state index is 2.38. The van der Waals surface area contributed by atoms with Gasteiger partial charge in [-0.2, -0.15) is 0 Å². The minimum Gasteiger partial charge on any atom is -0.393 e. The van der Waals surface area contributed by atoms with Gasteiger partial charge in [0.05, 0.1) is 20.1 Å². The highest BCUT2D eigenvalue weighted by atomic mass is 28.2. The third-order valence-corrected chi connectivity index (χ3v) is 2.92. The van der Waals surface area contributed by atoms with E-state index < -0.39 is 0 Å². The normalized spacial score (nSPS) is 28.1. The highest BCUT2D eigenvalue weighted by Gasteiger charge is 2.16. The first-order valence-corrected chi connectivity index (χ1v) is 4.42. The van der Waals surface area contributed by atoms with Crippen molar-refractivity contribution in [2.45, 2.75) is 19.3 Å². The first-order chi connectivity index (χ1) is 3.71. The third kappa shape index (κ3) is 1.60. The van der Waals surface area contributed by atoms with Crippen LogP contribution in [0.1, 0.15) is 19.3 Å². The van der Waals surface area contributed by atoms with Gasteiger partial charge in [-0.15, -0.1) is 0 Å². The molecule has 0 aromatic rings. The van der Waals surface area contributed by atoms with Crippen LogP contribution < -0.4 is 0 Å². The van der Waals surface area contributed by atoms with Crippen LogP contribution in [0.2, 0.25) is 0 Å². The largest absolute Gasteiger partial charge is 0.393 e. The molecule has 1 rings (SSSR count). The minimum absolute atomic E-state index is 1.35. The highest BCUT2D eigenvalue weighted by Crippen LogP contribution is 2.11. The second-order valence-electron chi connectivity index (χ2n) is 3.44. The predicted octanol–water partition coefficient (Wildman–Crippen LogP) is -0.103. The standard InChI is InChI=1S/C6H16NSi/c1-7(8)5-3-2-4-6-7/h2-6H2,1,8H3/q+1. The fourth-order valence-electron chi connectivity index (χ4n) is 1.37. The van der Waals surface area contributed by atoms with Crippen molar-refractivity contribution in [3.63, 3.8) is 0 Å². The number of likely N-dealkylation sites (tertiary alicyclic amines) is 1. The Morgan fingerprint density at radius 1 is 1.12 bits per heavy atom. The van der Waals surface area contributed by atoms with Crippen molar-refractivity contribution in [3.8, 4) is 0 Å². The Morgan fingerprint density at radius 2 is 1.62 bits per heavy atom. The van der Waals surface area contributed by atoms with E-state index in [2.05, 4.69) is 7.05 Å². The Balaban J connectivity index is 2.33. The second kappa shape index (κ2) is 2.19. The molecule has 0 saturated carbocycles. The number of rotatable bonds is 0. The van der Waals surface area contributed by atoms with Crippen molar-refractivity contribution in [2.75, 3.05) is 20.1 Å². The monoisotopic (exact) mass is 130 g/mol. The van der Waals surface area contributed by atoms with Gasteiger partial charge >= 0.3 is 0 Å². The van der Waals surface area contributed by atoms with E-state index in [1.54, 1.807) is 0 Å². The molecule has 2 heteroatoms. The van der Waals surface area contributed by atoms with Gasteiger partial charge < -0.3 is 4.15 Å². The van der Waals surface area contributed by atoms with Crippen LogP contribution in [0.4, 0.5) is 0 Å². The molecule has 0 spiro atoms. The van der Waals surface area contributed by atoms with Gasteiger partial charge in [0.25, 0.3) is 0 Å². The van der Waals surface area contributed by atoms with Crippen LogP contribution in [0, 0.1) is 0 Å². The Morgan fingerprint density at radius 3 is 1.88 bits per heavy atom. The second-order valence-corrected chi connectivity index (χ2v) is 5.60. The van der Waals surface area contributed by atoms with E-state index in [9.17, 15) is 0 Å². The van der Waals surface area contributed by atoms with Crippen molar-refractivity contribution >= 4 is 10.4 Å². The highest BCUT2D eigenvalue weighted by molar-refractivity contribution is 5.97. The molecule has 0 atom stereocenters. The summed E-state index contributed by atoms with van der Waals surface area (Å²) < 4.78 is 1.39. The SMILES string of the molecule is C[N+]1([SiH3])CCCCC1. The van der Waals surface area contributed by atoms with Crippen LogP contribution in [-0.2, 0) is 0 Å². The van der Waals surface area contributed by atoms with Crippen molar-refractivity contribution in [1.29, 1.82) is 0 Å². The summed E-state index contributed by atoms with van der Waals surface area (Å²) in [5.41, 5.74) is 0. The lowest BCUT2D eigenvalue weighted by Crippen LogP contribution is -2.45. The van der Waals surface area contributed by atoms with Gasteiger partial charge in [0.2, 0.25) is 10.4 Å². The van der Waals surface area contributed by atoms with Gasteiger partial charge in [-0.3, -0.25) is 0 Å². The number of hydrogen-bond donors (Lipinski definition) is 0. The minimum atomic E-state index is 1.35. The molecule has 0 amide bonds. The zero-order chi connectivity index (χ0) is 6.04. The Bertz CT molecular complexity index is 72.6. The molecule has 0 radical (unpaired) electrons. The smallest absolute Gasteiger partial charge is 0.239 e. The third-order valence-electron chi connectivity index (χ3n) is 2.03. The quantitative estimate of drug-likeness (QED) is 0.402. The van der Waals surface area contributed by atoms with Gasteiger partial charge in [-0.05, 0) is 19.3 Å². The van der Waals surface area contributed by atoms with Crippen molar-refractivity contribution in [1.82, 2.24) is 0 Å². The number of nitrogens with zero attached hydrogens (tertiary/aromatic N) is 1. The van der Waals surface area contributed by atoms with Crippen molar-refractivity contribution < 1.29 is 4.15 Å².